The van der Waals surface area contributed by atoms with E-state index in [1.165, 1.54) is 11.1 Å². The maximum atomic E-state index is 10.9. The number of nitrogens with two attached hydrogens (primary N) is 1. The summed E-state index contributed by atoms with van der Waals surface area (Å²) in [6, 6.07) is 4.34. The summed E-state index contributed by atoms with van der Waals surface area (Å²) < 4.78 is 10.7. The van der Waals surface area contributed by atoms with E-state index >= 15 is 0 Å². The van der Waals surface area contributed by atoms with Gasteiger partial charge in [0.2, 0.25) is 5.91 Å². The maximum absolute atomic E-state index is 10.9. The van der Waals surface area contributed by atoms with Crippen LogP contribution in [0.25, 0.3) is 0 Å². The molecule has 1 amide bonds. The lowest BCUT2D eigenvalue weighted by Crippen LogP contribution is -2.36. The van der Waals surface area contributed by atoms with Crippen molar-refractivity contribution in [3.05, 3.63) is 23.3 Å². The van der Waals surface area contributed by atoms with E-state index in [9.17, 15) is 4.79 Å². The summed E-state index contributed by atoms with van der Waals surface area (Å²) in [5.41, 5.74) is 7.75. The number of rotatable bonds is 5. The van der Waals surface area contributed by atoms with Crippen LogP contribution in [0.1, 0.15) is 30.5 Å². The van der Waals surface area contributed by atoms with Crippen molar-refractivity contribution in [2.24, 2.45) is 5.73 Å². The van der Waals surface area contributed by atoms with E-state index in [1.807, 2.05) is 6.07 Å². The number of primary amides is 1. The minimum absolute atomic E-state index is 0.248. The van der Waals surface area contributed by atoms with Gasteiger partial charge in [0.1, 0.15) is 0 Å². The van der Waals surface area contributed by atoms with Crippen molar-refractivity contribution in [1.82, 2.24) is 4.90 Å². The minimum Gasteiger partial charge on any atom is -0.493 e. The zero-order chi connectivity index (χ0) is 14.7. The van der Waals surface area contributed by atoms with E-state index in [2.05, 4.69) is 17.9 Å². The van der Waals surface area contributed by atoms with E-state index in [0.717, 1.165) is 24.5 Å². The van der Waals surface area contributed by atoms with Crippen molar-refractivity contribution in [3.63, 3.8) is 0 Å². The van der Waals surface area contributed by atoms with E-state index in [1.54, 1.807) is 14.2 Å². The molecule has 0 fully saturated rings. The number of nitrogens with zero attached hydrogens (tertiary/aromatic N) is 1. The molecule has 0 aliphatic carbocycles. The summed E-state index contributed by atoms with van der Waals surface area (Å²) in [6.45, 7) is 3.77. The summed E-state index contributed by atoms with van der Waals surface area (Å²) >= 11 is 0. The first-order valence-corrected chi connectivity index (χ1v) is 6.84. The predicted molar refractivity (Wildman–Crippen MR) is 77.0 cm³/mol. The third-order valence-electron chi connectivity index (χ3n) is 3.96. The van der Waals surface area contributed by atoms with Gasteiger partial charge in [0.05, 0.1) is 14.2 Å². The first-order valence-electron chi connectivity index (χ1n) is 6.84. The van der Waals surface area contributed by atoms with E-state index in [4.69, 9.17) is 15.2 Å². The van der Waals surface area contributed by atoms with Crippen molar-refractivity contribution in [3.8, 4) is 11.5 Å². The predicted octanol–water partition coefficient (Wildman–Crippen LogP) is 1.50. The summed E-state index contributed by atoms with van der Waals surface area (Å²) in [5, 5.41) is 0. The fraction of sp³-hybridized carbons (Fsp3) is 0.533. The van der Waals surface area contributed by atoms with Gasteiger partial charge >= 0.3 is 0 Å². The Morgan fingerprint density at radius 2 is 2.00 bits per heavy atom. The first kappa shape index (κ1) is 14.7. The van der Waals surface area contributed by atoms with Crippen molar-refractivity contribution < 1.29 is 14.3 Å². The zero-order valence-electron chi connectivity index (χ0n) is 12.3. The van der Waals surface area contributed by atoms with Crippen LogP contribution in [-0.4, -0.2) is 38.1 Å². The molecular weight excluding hydrogens is 256 g/mol. The van der Waals surface area contributed by atoms with Crippen LogP contribution >= 0.6 is 0 Å². The Balaban J connectivity index is 2.24. The highest BCUT2D eigenvalue weighted by Crippen LogP contribution is 2.37. The van der Waals surface area contributed by atoms with Gasteiger partial charge in [-0.15, -0.1) is 0 Å². The Bertz CT molecular complexity index is 502. The molecular formula is C15H22N2O3. The number of fused-ring (bicyclic) bond motifs is 1. The van der Waals surface area contributed by atoms with E-state index < -0.39 is 0 Å². The standard InChI is InChI=1S/C15H22N2O3/c1-10-12-9-14(20-3)13(19-2)8-11(12)4-6-17(10)7-5-15(16)18/h8-10H,4-7H2,1-3H3,(H2,16,18)/t10-/m0/s1. The Labute approximate surface area is 119 Å². The quantitative estimate of drug-likeness (QED) is 0.886. The average molecular weight is 278 g/mol. The molecule has 1 aliphatic heterocycles. The Hall–Kier alpha value is -1.75. The second-order valence-corrected chi connectivity index (χ2v) is 5.08. The summed E-state index contributed by atoms with van der Waals surface area (Å²) in [6.07, 6.45) is 1.34. The lowest BCUT2D eigenvalue weighted by molar-refractivity contribution is -0.118. The van der Waals surface area contributed by atoms with Crippen molar-refractivity contribution in [1.29, 1.82) is 0 Å². The summed E-state index contributed by atoms with van der Waals surface area (Å²) in [5.74, 6) is 1.26. The minimum atomic E-state index is -0.254. The molecule has 5 nitrogen and oxygen atoms in total. The molecule has 1 heterocycles. The summed E-state index contributed by atoms with van der Waals surface area (Å²) in [7, 11) is 3.29. The SMILES string of the molecule is COc1cc2c(cc1OC)[C@H](C)N(CCC(N)=O)CC2. The van der Waals surface area contributed by atoms with Gasteiger partial charge in [-0.05, 0) is 36.6 Å². The molecule has 110 valence electrons. The van der Waals surface area contributed by atoms with Crippen LogP contribution in [0.15, 0.2) is 12.1 Å². The largest absolute Gasteiger partial charge is 0.493 e. The van der Waals surface area contributed by atoms with Crippen LogP contribution < -0.4 is 15.2 Å². The highest BCUT2D eigenvalue weighted by molar-refractivity contribution is 5.73. The molecule has 0 saturated heterocycles. The number of amides is 1. The normalized spacial score (nSPS) is 18.4. The van der Waals surface area contributed by atoms with Crippen LogP contribution in [0.2, 0.25) is 0 Å². The fourth-order valence-electron chi connectivity index (χ4n) is 2.76. The molecule has 0 bridgehead atoms. The van der Waals surface area contributed by atoms with Crippen molar-refractivity contribution >= 4 is 5.91 Å². The second-order valence-electron chi connectivity index (χ2n) is 5.08. The molecule has 1 aliphatic rings. The van der Waals surface area contributed by atoms with Gasteiger partial charge in [-0.2, -0.15) is 0 Å². The smallest absolute Gasteiger partial charge is 0.218 e. The molecule has 0 spiro atoms. The Morgan fingerprint density at radius 3 is 2.60 bits per heavy atom. The molecule has 2 rings (SSSR count). The van der Waals surface area contributed by atoms with Crippen LogP contribution in [0.4, 0.5) is 0 Å². The number of carbonyl (C=O) groups is 1. The fourth-order valence-corrected chi connectivity index (χ4v) is 2.76. The Kier molecular flexibility index (Phi) is 4.49. The highest BCUT2D eigenvalue weighted by Gasteiger charge is 2.25. The second kappa shape index (κ2) is 6.13. The lowest BCUT2D eigenvalue weighted by atomic mass is 9.92. The third-order valence-corrected chi connectivity index (χ3v) is 3.96. The Morgan fingerprint density at radius 1 is 1.35 bits per heavy atom. The molecule has 0 radical (unpaired) electrons. The monoisotopic (exact) mass is 278 g/mol. The van der Waals surface area contributed by atoms with Gasteiger partial charge in [0, 0.05) is 25.6 Å². The lowest BCUT2D eigenvalue weighted by Gasteiger charge is -2.35. The van der Waals surface area contributed by atoms with Crippen LogP contribution in [0.5, 0.6) is 11.5 Å². The number of hydrogen-bond donors (Lipinski definition) is 1. The van der Waals surface area contributed by atoms with Crippen molar-refractivity contribution in [2.75, 3.05) is 27.3 Å². The van der Waals surface area contributed by atoms with Gasteiger partial charge < -0.3 is 15.2 Å². The van der Waals surface area contributed by atoms with Gasteiger partial charge in [-0.3, -0.25) is 9.69 Å². The van der Waals surface area contributed by atoms with Gasteiger partial charge in [-0.25, -0.2) is 0 Å². The molecule has 1 atom stereocenters. The molecule has 1 aromatic carbocycles. The average Bonchev–Trinajstić information content (AvgIpc) is 2.45. The number of carbonyl (C=O) groups excluding carboxylic acids is 1. The third kappa shape index (κ3) is 2.88. The molecule has 0 aromatic heterocycles. The van der Waals surface area contributed by atoms with Crippen molar-refractivity contribution in [2.45, 2.75) is 25.8 Å². The summed E-state index contributed by atoms with van der Waals surface area (Å²) in [4.78, 5) is 13.2. The topological polar surface area (TPSA) is 64.8 Å². The van der Waals surface area contributed by atoms with Crippen LogP contribution in [0, 0.1) is 0 Å². The maximum Gasteiger partial charge on any atom is 0.218 e. The molecule has 1 aromatic rings. The molecule has 0 unspecified atom stereocenters. The number of benzene rings is 1. The number of hydrogen-bond acceptors (Lipinski definition) is 4. The van der Waals surface area contributed by atoms with E-state index in [0.29, 0.717) is 13.0 Å². The zero-order valence-corrected chi connectivity index (χ0v) is 12.3. The molecule has 20 heavy (non-hydrogen) atoms. The van der Waals surface area contributed by atoms with Gasteiger partial charge in [0.15, 0.2) is 11.5 Å². The van der Waals surface area contributed by atoms with Crippen LogP contribution in [0.3, 0.4) is 0 Å². The number of methoxy groups -OCH3 is 2. The molecule has 0 saturated carbocycles. The first-order chi connectivity index (χ1) is 9.56. The number of ether oxygens (including phenoxy) is 2. The van der Waals surface area contributed by atoms with E-state index in [-0.39, 0.29) is 11.9 Å². The van der Waals surface area contributed by atoms with Gasteiger partial charge in [-0.1, -0.05) is 0 Å². The van der Waals surface area contributed by atoms with Crippen LogP contribution in [-0.2, 0) is 11.2 Å². The van der Waals surface area contributed by atoms with Gasteiger partial charge in [0.25, 0.3) is 0 Å². The molecule has 5 heteroatoms. The molecule has 2 N–H and O–H groups in total. The highest BCUT2D eigenvalue weighted by atomic mass is 16.5.